The molecule has 2 aromatic carbocycles. The number of hydrogen-bond acceptors (Lipinski definition) is 3. The van der Waals surface area contributed by atoms with Gasteiger partial charge in [0.25, 0.3) is 0 Å². The SMILES string of the molecule is CCCCOc1ccc(C=C2CNN(c3ccccc3)C2)cc1C. The fourth-order valence-corrected chi connectivity index (χ4v) is 2.89. The van der Waals surface area contributed by atoms with Crippen molar-refractivity contribution in [2.75, 3.05) is 24.7 Å². The summed E-state index contributed by atoms with van der Waals surface area (Å²) in [6, 6.07) is 16.9. The van der Waals surface area contributed by atoms with Crippen LogP contribution in [0.15, 0.2) is 54.1 Å². The van der Waals surface area contributed by atoms with E-state index < -0.39 is 0 Å². The summed E-state index contributed by atoms with van der Waals surface area (Å²) in [6.07, 6.45) is 4.54. The molecule has 1 aliphatic rings. The summed E-state index contributed by atoms with van der Waals surface area (Å²) in [5.74, 6) is 1.00. The van der Waals surface area contributed by atoms with E-state index in [0.717, 1.165) is 38.3 Å². The molecule has 3 heteroatoms. The lowest BCUT2D eigenvalue weighted by Crippen LogP contribution is -2.30. The second-order valence-electron chi connectivity index (χ2n) is 6.29. The lowest BCUT2D eigenvalue weighted by atomic mass is 10.1. The van der Waals surface area contributed by atoms with Gasteiger partial charge in [-0.05, 0) is 54.3 Å². The molecule has 0 spiro atoms. The van der Waals surface area contributed by atoms with E-state index in [0.29, 0.717) is 0 Å². The van der Waals surface area contributed by atoms with E-state index in [-0.39, 0.29) is 0 Å². The van der Waals surface area contributed by atoms with Crippen LogP contribution in [-0.4, -0.2) is 19.7 Å². The highest BCUT2D eigenvalue weighted by atomic mass is 16.5. The smallest absolute Gasteiger partial charge is 0.122 e. The van der Waals surface area contributed by atoms with Gasteiger partial charge in [-0.1, -0.05) is 43.7 Å². The van der Waals surface area contributed by atoms with Crippen LogP contribution in [0.2, 0.25) is 0 Å². The fourth-order valence-electron chi connectivity index (χ4n) is 2.89. The second kappa shape index (κ2) is 8.02. The molecule has 0 bridgehead atoms. The van der Waals surface area contributed by atoms with Gasteiger partial charge in [-0.2, -0.15) is 0 Å². The maximum atomic E-state index is 5.84. The highest BCUT2D eigenvalue weighted by Gasteiger charge is 2.16. The van der Waals surface area contributed by atoms with Gasteiger partial charge in [0.15, 0.2) is 0 Å². The van der Waals surface area contributed by atoms with Crippen LogP contribution in [0.5, 0.6) is 5.75 Å². The molecule has 1 heterocycles. The van der Waals surface area contributed by atoms with E-state index in [1.807, 2.05) is 6.07 Å². The number of anilines is 1. The third kappa shape index (κ3) is 4.18. The number of nitrogens with one attached hydrogen (secondary N) is 1. The second-order valence-corrected chi connectivity index (χ2v) is 6.29. The molecule has 24 heavy (non-hydrogen) atoms. The number of aryl methyl sites for hydroxylation is 1. The predicted molar refractivity (Wildman–Crippen MR) is 101 cm³/mol. The Morgan fingerprint density at radius 3 is 2.75 bits per heavy atom. The Kier molecular flexibility index (Phi) is 5.55. The first-order valence-corrected chi connectivity index (χ1v) is 8.75. The van der Waals surface area contributed by atoms with Gasteiger partial charge in [0, 0.05) is 6.54 Å². The summed E-state index contributed by atoms with van der Waals surface area (Å²) in [6.45, 7) is 6.90. The van der Waals surface area contributed by atoms with Crippen molar-refractivity contribution in [1.82, 2.24) is 5.43 Å². The van der Waals surface area contributed by atoms with Crippen molar-refractivity contribution in [2.45, 2.75) is 26.7 Å². The maximum absolute atomic E-state index is 5.84. The van der Waals surface area contributed by atoms with E-state index in [4.69, 9.17) is 4.74 Å². The number of ether oxygens (including phenoxy) is 1. The summed E-state index contributed by atoms with van der Waals surface area (Å²) < 4.78 is 5.84. The largest absolute Gasteiger partial charge is 0.493 e. The van der Waals surface area contributed by atoms with Gasteiger partial charge >= 0.3 is 0 Å². The molecular formula is C21H26N2O. The minimum absolute atomic E-state index is 0.799. The van der Waals surface area contributed by atoms with Crippen molar-refractivity contribution in [3.63, 3.8) is 0 Å². The van der Waals surface area contributed by atoms with Crippen LogP contribution in [0.4, 0.5) is 5.69 Å². The Labute approximate surface area is 144 Å². The third-order valence-electron chi connectivity index (χ3n) is 4.25. The predicted octanol–water partition coefficient (Wildman–Crippen LogP) is 4.58. The highest BCUT2D eigenvalue weighted by molar-refractivity contribution is 5.59. The number of para-hydroxylation sites is 1. The summed E-state index contributed by atoms with van der Waals surface area (Å²) >= 11 is 0. The maximum Gasteiger partial charge on any atom is 0.122 e. The van der Waals surface area contributed by atoms with Gasteiger partial charge < -0.3 is 9.75 Å². The van der Waals surface area contributed by atoms with Crippen molar-refractivity contribution >= 4 is 11.8 Å². The van der Waals surface area contributed by atoms with E-state index in [1.165, 1.54) is 22.4 Å². The van der Waals surface area contributed by atoms with Crippen molar-refractivity contribution < 1.29 is 4.74 Å². The quantitative estimate of drug-likeness (QED) is 0.788. The molecule has 1 aliphatic heterocycles. The molecule has 0 radical (unpaired) electrons. The zero-order valence-corrected chi connectivity index (χ0v) is 14.6. The van der Waals surface area contributed by atoms with Gasteiger partial charge in [-0.3, -0.25) is 0 Å². The molecule has 1 N–H and O–H groups in total. The Morgan fingerprint density at radius 2 is 2.00 bits per heavy atom. The van der Waals surface area contributed by atoms with E-state index in [2.05, 4.69) is 72.8 Å². The van der Waals surface area contributed by atoms with E-state index in [9.17, 15) is 0 Å². The van der Waals surface area contributed by atoms with Crippen LogP contribution in [0.3, 0.4) is 0 Å². The van der Waals surface area contributed by atoms with Crippen molar-refractivity contribution in [3.8, 4) is 5.75 Å². The Balaban J connectivity index is 1.65. The average molecular weight is 322 g/mol. The summed E-state index contributed by atoms with van der Waals surface area (Å²) in [5.41, 5.74) is 8.47. The molecule has 126 valence electrons. The lowest BCUT2D eigenvalue weighted by molar-refractivity contribution is 0.307. The van der Waals surface area contributed by atoms with E-state index in [1.54, 1.807) is 0 Å². The Morgan fingerprint density at radius 1 is 1.17 bits per heavy atom. The molecule has 0 unspecified atom stereocenters. The number of unbranched alkanes of at least 4 members (excludes halogenated alkanes) is 1. The number of hydrogen-bond donors (Lipinski definition) is 1. The minimum Gasteiger partial charge on any atom is -0.493 e. The Hall–Kier alpha value is -2.26. The van der Waals surface area contributed by atoms with Crippen molar-refractivity contribution in [2.24, 2.45) is 0 Å². The molecule has 0 atom stereocenters. The van der Waals surface area contributed by atoms with Gasteiger partial charge in [-0.15, -0.1) is 0 Å². The van der Waals surface area contributed by atoms with Crippen LogP contribution >= 0.6 is 0 Å². The molecule has 0 aliphatic carbocycles. The molecule has 0 saturated carbocycles. The van der Waals surface area contributed by atoms with Crippen LogP contribution in [0.25, 0.3) is 6.08 Å². The zero-order chi connectivity index (χ0) is 16.8. The van der Waals surface area contributed by atoms with Crippen LogP contribution in [0, 0.1) is 6.92 Å². The summed E-state index contributed by atoms with van der Waals surface area (Å²) in [4.78, 5) is 0. The zero-order valence-electron chi connectivity index (χ0n) is 14.6. The van der Waals surface area contributed by atoms with Gasteiger partial charge in [0.2, 0.25) is 0 Å². The number of nitrogens with zero attached hydrogens (tertiary/aromatic N) is 1. The molecule has 1 saturated heterocycles. The molecular weight excluding hydrogens is 296 g/mol. The van der Waals surface area contributed by atoms with Crippen molar-refractivity contribution in [1.29, 1.82) is 0 Å². The monoisotopic (exact) mass is 322 g/mol. The first-order valence-electron chi connectivity index (χ1n) is 8.75. The average Bonchev–Trinajstić information content (AvgIpc) is 3.06. The van der Waals surface area contributed by atoms with Gasteiger partial charge in [0.1, 0.15) is 5.75 Å². The normalized spacial score (nSPS) is 15.9. The molecule has 0 amide bonds. The molecule has 1 fully saturated rings. The molecule has 0 aromatic heterocycles. The van der Waals surface area contributed by atoms with E-state index >= 15 is 0 Å². The fraction of sp³-hybridized carbons (Fsp3) is 0.333. The van der Waals surface area contributed by atoms with Crippen LogP contribution in [-0.2, 0) is 0 Å². The summed E-state index contributed by atoms with van der Waals surface area (Å²) in [7, 11) is 0. The van der Waals surface area contributed by atoms with Crippen LogP contribution < -0.4 is 15.2 Å². The lowest BCUT2D eigenvalue weighted by Gasteiger charge is -2.16. The first kappa shape index (κ1) is 16.6. The molecule has 3 rings (SSSR count). The summed E-state index contributed by atoms with van der Waals surface area (Å²) in [5, 5.41) is 2.20. The molecule has 3 nitrogen and oxygen atoms in total. The third-order valence-corrected chi connectivity index (χ3v) is 4.25. The standard InChI is InChI=1S/C21H26N2O/c1-3-4-12-24-21-11-10-18(13-17(21)2)14-19-15-22-23(16-19)20-8-6-5-7-9-20/h5-11,13-14,22H,3-4,12,15-16H2,1-2H3. The Bertz CT molecular complexity index is 694. The number of hydrazine groups is 1. The first-order chi connectivity index (χ1) is 11.8. The minimum atomic E-state index is 0.799. The van der Waals surface area contributed by atoms with Crippen molar-refractivity contribution in [3.05, 3.63) is 65.2 Å². The highest BCUT2D eigenvalue weighted by Crippen LogP contribution is 2.23. The number of rotatable bonds is 6. The van der Waals surface area contributed by atoms with Gasteiger partial charge in [-0.25, -0.2) is 5.43 Å². The number of benzene rings is 2. The van der Waals surface area contributed by atoms with Crippen LogP contribution in [0.1, 0.15) is 30.9 Å². The molecule has 2 aromatic rings. The van der Waals surface area contributed by atoms with Gasteiger partial charge in [0.05, 0.1) is 18.8 Å². The topological polar surface area (TPSA) is 24.5 Å².